The van der Waals surface area contributed by atoms with Gasteiger partial charge in [-0.3, -0.25) is 19.5 Å². The Labute approximate surface area is 245 Å². The van der Waals surface area contributed by atoms with Gasteiger partial charge in [0.1, 0.15) is 6.54 Å². The van der Waals surface area contributed by atoms with Crippen molar-refractivity contribution < 1.29 is 19.1 Å². The molecule has 4 aromatic carbocycles. The first kappa shape index (κ1) is 28.2. The van der Waals surface area contributed by atoms with E-state index in [9.17, 15) is 9.59 Å². The molecule has 212 valence electrons. The minimum atomic E-state index is -0.377. The molecule has 0 aliphatic heterocycles. The maximum atomic E-state index is 13.6. The average Bonchev–Trinajstić information content (AvgIpc) is 3.44. The molecule has 42 heavy (non-hydrogen) atoms. The average molecular weight is 561 g/mol. The van der Waals surface area contributed by atoms with Gasteiger partial charge in [-0.1, -0.05) is 78.4 Å². The van der Waals surface area contributed by atoms with E-state index in [-0.39, 0.29) is 24.9 Å². The van der Waals surface area contributed by atoms with Gasteiger partial charge in [0.2, 0.25) is 11.9 Å². The minimum absolute atomic E-state index is 0.166. The number of hydrogen-bond donors (Lipinski definition) is 1. The number of benzene rings is 4. The van der Waals surface area contributed by atoms with Crippen molar-refractivity contribution in [3.8, 4) is 28.4 Å². The van der Waals surface area contributed by atoms with E-state index in [2.05, 4.69) is 5.32 Å². The van der Waals surface area contributed by atoms with E-state index in [0.717, 1.165) is 22.4 Å². The van der Waals surface area contributed by atoms with Gasteiger partial charge in [-0.15, -0.1) is 0 Å². The van der Waals surface area contributed by atoms with E-state index >= 15 is 0 Å². The predicted octanol–water partition coefficient (Wildman–Crippen LogP) is 6.15. The highest BCUT2D eigenvalue weighted by molar-refractivity contribution is 5.99. The van der Waals surface area contributed by atoms with Crippen molar-refractivity contribution in [2.75, 3.05) is 26.1 Å². The van der Waals surface area contributed by atoms with Crippen molar-refractivity contribution in [3.63, 3.8) is 0 Å². The fourth-order valence-corrected chi connectivity index (χ4v) is 4.61. The molecule has 0 unspecified atom stereocenters. The van der Waals surface area contributed by atoms with Gasteiger partial charge in [-0.25, -0.2) is 4.98 Å². The molecule has 0 aliphatic rings. The first-order chi connectivity index (χ1) is 20.4. The summed E-state index contributed by atoms with van der Waals surface area (Å²) in [7, 11) is 3.15. The molecule has 5 rings (SSSR count). The maximum Gasteiger partial charge on any atom is 0.254 e. The van der Waals surface area contributed by atoms with Crippen molar-refractivity contribution >= 4 is 17.8 Å². The van der Waals surface area contributed by atoms with Crippen LogP contribution in [0.3, 0.4) is 0 Å². The molecule has 0 saturated heterocycles. The molecule has 5 aromatic rings. The third kappa shape index (κ3) is 6.50. The van der Waals surface area contributed by atoms with Gasteiger partial charge >= 0.3 is 0 Å². The normalized spacial score (nSPS) is 10.6. The van der Waals surface area contributed by atoms with Crippen molar-refractivity contribution in [2.24, 2.45) is 0 Å². The van der Waals surface area contributed by atoms with Gasteiger partial charge < -0.3 is 14.4 Å². The standard InChI is InChI=1S/C34H32N4O4/c1-24-14-16-27(17-15-24)33(40)37(21-25-10-6-4-7-11-25)23-32(39)36-34-35-29(26-12-8-5-9-13-26)22-38(34)28-18-19-30(41-2)31(20-28)42-3/h4-20,22H,21,23H2,1-3H3,(H,35,36,39). The van der Waals surface area contributed by atoms with Crippen molar-refractivity contribution in [1.29, 1.82) is 0 Å². The summed E-state index contributed by atoms with van der Waals surface area (Å²) in [5, 5.41) is 2.94. The number of carbonyl (C=O) groups excluding carboxylic acids is 2. The quantitative estimate of drug-likeness (QED) is 0.222. The highest BCUT2D eigenvalue weighted by Gasteiger charge is 2.22. The van der Waals surface area contributed by atoms with Gasteiger partial charge in [-0.05, 0) is 36.8 Å². The van der Waals surface area contributed by atoms with E-state index < -0.39 is 0 Å². The first-order valence-corrected chi connectivity index (χ1v) is 13.5. The number of carbonyl (C=O) groups is 2. The number of hydrogen-bond acceptors (Lipinski definition) is 5. The number of imidazole rings is 1. The van der Waals surface area contributed by atoms with E-state index in [1.807, 2.05) is 98.0 Å². The van der Waals surface area contributed by atoms with Crippen LogP contribution in [0.2, 0.25) is 0 Å². The number of rotatable bonds is 10. The molecule has 0 bridgehead atoms. The van der Waals surface area contributed by atoms with Crippen molar-refractivity contribution in [1.82, 2.24) is 14.5 Å². The third-order valence-electron chi connectivity index (χ3n) is 6.81. The summed E-state index contributed by atoms with van der Waals surface area (Å²) in [5.74, 6) is 0.829. The van der Waals surface area contributed by atoms with Crippen molar-refractivity contribution in [3.05, 3.63) is 126 Å². The smallest absolute Gasteiger partial charge is 0.254 e. The number of aryl methyl sites for hydroxylation is 1. The molecule has 0 aliphatic carbocycles. The lowest BCUT2D eigenvalue weighted by atomic mass is 10.1. The molecule has 0 radical (unpaired) electrons. The van der Waals surface area contributed by atoms with Crippen molar-refractivity contribution in [2.45, 2.75) is 13.5 Å². The van der Waals surface area contributed by atoms with Crippen LogP contribution in [0, 0.1) is 6.92 Å². The summed E-state index contributed by atoms with van der Waals surface area (Å²) in [5.41, 5.74) is 4.78. The molecule has 1 heterocycles. The fraction of sp³-hybridized carbons (Fsp3) is 0.147. The number of anilines is 1. The Morgan fingerprint density at radius 1 is 0.833 bits per heavy atom. The Balaban J connectivity index is 1.46. The van der Waals surface area contributed by atoms with Gasteiger partial charge in [0.05, 0.1) is 25.6 Å². The molecule has 0 saturated carbocycles. The van der Waals surface area contributed by atoms with E-state index in [1.54, 1.807) is 37.0 Å². The second-order valence-electron chi connectivity index (χ2n) is 9.79. The van der Waals surface area contributed by atoms with E-state index in [4.69, 9.17) is 14.5 Å². The molecule has 1 aromatic heterocycles. The summed E-state index contributed by atoms with van der Waals surface area (Å²) in [6.45, 7) is 2.08. The Morgan fingerprint density at radius 3 is 2.17 bits per heavy atom. The summed E-state index contributed by atoms with van der Waals surface area (Å²) >= 11 is 0. The SMILES string of the molecule is COc1ccc(-n2cc(-c3ccccc3)nc2NC(=O)CN(Cc2ccccc2)C(=O)c2ccc(C)cc2)cc1OC. The molecule has 0 fully saturated rings. The number of nitrogens with one attached hydrogen (secondary N) is 1. The second kappa shape index (κ2) is 12.9. The van der Waals surface area contributed by atoms with Crippen LogP contribution in [0.5, 0.6) is 11.5 Å². The summed E-state index contributed by atoms with van der Waals surface area (Å²) < 4.78 is 12.7. The molecule has 1 N–H and O–H groups in total. The van der Waals surface area contributed by atoms with Gasteiger partial charge in [0.25, 0.3) is 5.91 Å². The zero-order valence-corrected chi connectivity index (χ0v) is 23.8. The number of aromatic nitrogens is 2. The Morgan fingerprint density at radius 2 is 1.50 bits per heavy atom. The molecule has 8 heteroatoms. The summed E-state index contributed by atoms with van der Waals surface area (Å²) in [6, 6.07) is 32.1. The predicted molar refractivity (Wildman–Crippen MR) is 163 cm³/mol. The monoisotopic (exact) mass is 560 g/mol. The number of methoxy groups -OCH3 is 2. The van der Waals surface area contributed by atoms with Gasteiger partial charge in [-0.2, -0.15) is 0 Å². The zero-order valence-electron chi connectivity index (χ0n) is 23.8. The third-order valence-corrected chi connectivity index (χ3v) is 6.81. The number of nitrogens with zero attached hydrogens (tertiary/aromatic N) is 3. The molecule has 0 atom stereocenters. The lowest BCUT2D eigenvalue weighted by Crippen LogP contribution is -2.38. The van der Waals surface area contributed by atoms with E-state index in [1.165, 1.54) is 4.90 Å². The zero-order chi connectivity index (χ0) is 29.5. The Hall–Kier alpha value is -5.37. The maximum absolute atomic E-state index is 13.6. The van der Waals surface area contributed by atoms with Crippen LogP contribution >= 0.6 is 0 Å². The minimum Gasteiger partial charge on any atom is -0.493 e. The molecular formula is C34H32N4O4. The Bertz CT molecular complexity index is 1670. The first-order valence-electron chi connectivity index (χ1n) is 13.5. The topological polar surface area (TPSA) is 85.7 Å². The Kier molecular flexibility index (Phi) is 8.63. The lowest BCUT2D eigenvalue weighted by Gasteiger charge is -2.23. The van der Waals surface area contributed by atoms with Crippen LogP contribution in [-0.2, 0) is 11.3 Å². The lowest BCUT2D eigenvalue weighted by molar-refractivity contribution is -0.117. The molecule has 0 spiro atoms. The highest BCUT2D eigenvalue weighted by Crippen LogP contribution is 2.32. The van der Waals surface area contributed by atoms with Crippen LogP contribution in [0.4, 0.5) is 5.95 Å². The van der Waals surface area contributed by atoms with Crippen LogP contribution < -0.4 is 14.8 Å². The van der Waals surface area contributed by atoms with Crippen LogP contribution in [-0.4, -0.2) is 47.0 Å². The largest absolute Gasteiger partial charge is 0.493 e. The van der Waals surface area contributed by atoms with Gasteiger partial charge in [0.15, 0.2) is 11.5 Å². The summed E-state index contributed by atoms with van der Waals surface area (Å²) in [6.07, 6.45) is 1.85. The number of amides is 2. The summed E-state index contributed by atoms with van der Waals surface area (Å²) in [4.78, 5) is 33.4. The highest BCUT2D eigenvalue weighted by atomic mass is 16.5. The number of ether oxygens (including phenoxy) is 2. The van der Waals surface area contributed by atoms with Crippen LogP contribution in [0.1, 0.15) is 21.5 Å². The van der Waals surface area contributed by atoms with Gasteiger partial charge in [0, 0.05) is 29.9 Å². The van der Waals surface area contributed by atoms with Crippen LogP contribution in [0.25, 0.3) is 16.9 Å². The molecular weight excluding hydrogens is 528 g/mol. The molecule has 2 amide bonds. The molecule has 8 nitrogen and oxygen atoms in total. The van der Waals surface area contributed by atoms with E-state index in [0.29, 0.717) is 28.7 Å². The van der Waals surface area contributed by atoms with Crippen LogP contribution in [0.15, 0.2) is 109 Å². The fourth-order valence-electron chi connectivity index (χ4n) is 4.61. The second-order valence-corrected chi connectivity index (χ2v) is 9.79.